The summed E-state index contributed by atoms with van der Waals surface area (Å²) in [6.45, 7) is 4.09. The average molecular weight is 176 g/mol. The van der Waals surface area contributed by atoms with Gasteiger partial charge in [0.2, 0.25) is 0 Å². The lowest BCUT2D eigenvalue weighted by Crippen LogP contribution is -2.35. The van der Waals surface area contributed by atoms with Crippen LogP contribution in [-0.2, 0) is 9.47 Å². The van der Waals surface area contributed by atoms with E-state index in [4.69, 9.17) is 9.47 Å². The first kappa shape index (κ1) is 11.9. The van der Waals surface area contributed by atoms with Crippen molar-refractivity contribution >= 4 is 0 Å². The molecule has 0 aromatic rings. The van der Waals surface area contributed by atoms with Crippen molar-refractivity contribution in [2.24, 2.45) is 5.92 Å². The second kappa shape index (κ2) is 6.40. The molecule has 0 aliphatic heterocycles. The lowest BCUT2D eigenvalue weighted by Gasteiger charge is -2.24. The van der Waals surface area contributed by atoms with E-state index in [1.54, 1.807) is 0 Å². The molecule has 0 bridgehead atoms. The van der Waals surface area contributed by atoms with Crippen LogP contribution in [0.3, 0.4) is 0 Å². The molecular formula is C9H20O3. The van der Waals surface area contributed by atoms with E-state index in [0.29, 0.717) is 0 Å². The molecule has 12 heavy (non-hydrogen) atoms. The van der Waals surface area contributed by atoms with E-state index in [2.05, 4.69) is 6.92 Å². The highest BCUT2D eigenvalue weighted by molar-refractivity contribution is 4.67. The van der Waals surface area contributed by atoms with Gasteiger partial charge in [0.1, 0.15) is 6.10 Å². The minimum Gasteiger partial charge on any atom is -0.388 e. The Morgan fingerprint density at radius 1 is 1.25 bits per heavy atom. The number of aliphatic hydroxyl groups is 1. The molecule has 0 saturated heterocycles. The summed E-state index contributed by atoms with van der Waals surface area (Å²) in [5.74, 6) is 0.222. The standard InChI is InChI=1S/C9H20O3/c1-5-6-7(2)8(10)9(11-3)12-4/h7-10H,5-6H2,1-4H3. The molecule has 0 fully saturated rings. The maximum Gasteiger partial charge on any atom is 0.182 e. The van der Waals surface area contributed by atoms with Gasteiger partial charge in [-0.3, -0.25) is 0 Å². The molecule has 1 N–H and O–H groups in total. The van der Waals surface area contributed by atoms with E-state index < -0.39 is 12.4 Å². The normalized spacial score (nSPS) is 16.5. The van der Waals surface area contributed by atoms with Crippen LogP contribution in [0.2, 0.25) is 0 Å². The minimum absolute atomic E-state index is 0.222. The largest absolute Gasteiger partial charge is 0.388 e. The highest BCUT2D eigenvalue weighted by Gasteiger charge is 2.23. The predicted octanol–water partition coefficient (Wildman–Crippen LogP) is 1.40. The van der Waals surface area contributed by atoms with Crippen LogP contribution < -0.4 is 0 Å². The summed E-state index contributed by atoms with van der Waals surface area (Å²) in [7, 11) is 3.08. The van der Waals surface area contributed by atoms with Crippen LogP contribution >= 0.6 is 0 Å². The summed E-state index contributed by atoms with van der Waals surface area (Å²) >= 11 is 0. The zero-order valence-corrected chi connectivity index (χ0v) is 8.41. The van der Waals surface area contributed by atoms with Gasteiger partial charge in [-0.05, 0) is 12.3 Å². The second-order valence-corrected chi connectivity index (χ2v) is 3.10. The van der Waals surface area contributed by atoms with Gasteiger partial charge in [0.05, 0.1) is 0 Å². The maximum atomic E-state index is 9.66. The Kier molecular flexibility index (Phi) is 6.34. The third kappa shape index (κ3) is 3.52. The van der Waals surface area contributed by atoms with E-state index in [1.165, 1.54) is 14.2 Å². The molecular weight excluding hydrogens is 156 g/mol. The van der Waals surface area contributed by atoms with Crippen LogP contribution in [-0.4, -0.2) is 31.7 Å². The number of ether oxygens (including phenoxy) is 2. The Bertz CT molecular complexity index is 102. The van der Waals surface area contributed by atoms with E-state index in [-0.39, 0.29) is 5.92 Å². The summed E-state index contributed by atoms with van der Waals surface area (Å²) in [6.07, 6.45) is 1.04. The Hall–Kier alpha value is -0.120. The fraction of sp³-hybridized carbons (Fsp3) is 1.00. The Morgan fingerprint density at radius 3 is 2.08 bits per heavy atom. The van der Waals surface area contributed by atoms with Gasteiger partial charge in [-0.15, -0.1) is 0 Å². The third-order valence-electron chi connectivity index (χ3n) is 2.07. The minimum atomic E-state index is -0.528. The first-order valence-electron chi connectivity index (χ1n) is 4.41. The molecule has 0 aliphatic carbocycles. The molecule has 2 atom stereocenters. The molecule has 0 aromatic heterocycles. The summed E-state index contributed by atoms with van der Waals surface area (Å²) < 4.78 is 9.91. The van der Waals surface area contributed by atoms with Gasteiger partial charge >= 0.3 is 0 Å². The molecule has 0 aliphatic rings. The van der Waals surface area contributed by atoms with E-state index >= 15 is 0 Å². The van der Waals surface area contributed by atoms with Gasteiger partial charge in [-0.2, -0.15) is 0 Å². The molecule has 74 valence electrons. The Labute approximate surface area is 74.7 Å². The van der Waals surface area contributed by atoms with Gasteiger partial charge in [-0.1, -0.05) is 20.3 Å². The summed E-state index contributed by atoms with van der Waals surface area (Å²) in [5.41, 5.74) is 0. The molecule has 0 radical (unpaired) electrons. The fourth-order valence-corrected chi connectivity index (χ4v) is 1.27. The highest BCUT2D eigenvalue weighted by atomic mass is 16.7. The Balaban J connectivity index is 3.87. The zero-order chi connectivity index (χ0) is 9.56. The quantitative estimate of drug-likeness (QED) is 0.622. The van der Waals surface area contributed by atoms with Gasteiger partial charge in [-0.25, -0.2) is 0 Å². The van der Waals surface area contributed by atoms with Crippen LogP contribution in [0.15, 0.2) is 0 Å². The van der Waals surface area contributed by atoms with E-state index in [9.17, 15) is 5.11 Å². The molecule has 0 saturated carbocycles. The van der Waals surface area contributed by atoms with Crippen molar-refractivity contribution in [1.29, 1.82) is 0 Å². The predicted molar refractivity (Wildman–Crippen MR) is 47.9 cm³/mol. The van der Waals surface area contributed by atoms with E-state index in [1.807, 2.05) is 6.92 Å². The second-order valence-electron chi connectivity index (χ2n) is 3.10. The molecule has 0 amide bonds. The number of aliphatic hydroxyl groups excluding tert-OH is 1. The zero-order valence-electron chi connectivity index (χ0n) is 8.41. The SMILES string of the molecule is CCCC(C)C(O)C(OC)OC. The number of rotatable bonds is 6. The van der Waals surface area contributed by atoms with Crippen molar-refractivity contribution in [3.63, 3.8) is 0 Å². The van der Waals surface area contributed by atoms with Crippen molar-refractivity contribution < 1.29 is 14.6 Å². The lowest BCUT2D eigenvalue weighted by atomic mass is 9.99. The molecule has 0 rings (SSSR count). The third-order valence-corrected chi connectivity index (χ3v) is 2.07. The van der Waals surface area contributed by atoms with Crippen molar-refractivity contribution in [2.75, 3.05) is 14.2 Å². The van der Waals surface area contributed by atoms with Gasteiger partial charge in [0, 0.05) is 14.2 Å². The number of hydrogen-bond donors (Lipinski definition) is 1. The molecule has 3 heteroatoms. The van der Waals surface area contributed by atoms with Crippen molar-refractivity contribution in [3.8, 4) is 0 Å². The van der Waals surface area contributed by atoms with Crippen LogP contribution in [0, 0.1) is 5.92 Å². The molecule has 0 spiro atoms. The monoisotopic (exact) mass is 176 g/mol. The highest BCUT2D eigenvalue weighted by Crippen LogP contribution is 2.15. The van der Waals surface area contributed by atoms with Crippen molar-refractivity contribution in [1.82, 2.24) is 0 Å². The van der Waals surface area contributed by atoms with Crippen LogP contribution in [0.25, 0.3) is 0 Å². The molecule has 2 unspecified atom stereocenters. The first-order valence-corrected chi connectivity index (χ1v) is 4.41. The topological polar surface area (TPSA) is 38.7 Å². The van der Waals surface area contributed by atoms with Crippen molar-refractivity contribution in [3.05, 3.63) is 0 Å². The first-order chi connectivity index (χ1) is 5.67. The van der Waals surface area contributed by atoms with Gasteiger partial charge in [0.15, 0.2) is 6.29 Å². The number of methoxy groups -OCH3 is 2. The fourth-order valence-electron chi connectivity index (χ4n) is 1.27. The lowest BCUT2D eigenvalue weighted by molar-refractivity contribution is -0.177. The molecule has 0 heterocycles. The summed E-state index contributed by atoms with van der Waals surface area (Å²) in [4.78, 5) is 0. The molecule has 0 aromatic carbocycles. The molecule has 3 nitrogen and oxygen atoms in total. The van der Waals surface area contributed by atoms with Crippen LogP contribution in [0.1, 0.15) is 26.7 Å². The smallest absolute Gasteiger partial charge is 0.182 e. The van der Waals surface area contributed by atoms with E-state index in [0.717, 1.165) is 12.8 Å². The van der Waals surface area contributed by atoms with Crippen LogP contribution in [0.4, 0.5) is 0 Å². The summed E-state index contributed by atoms with van der Waals surface area (Å²) in [6, 6.07) is 0. The van der Waals surface area contributed by atoms with Crippen molar-refractivity contribution in [2.45, 2.75) is 39.1 Å². The van der Waals surface area contributed by atoms with Gasteiger partial charge < -0.3 is 14.6 Å². The Morgan fingerprint density at radius 2 is 1.75 bits per heavy atom. The number of hydrogen-bond acceptors (Lipinski definition) is 3. The van der Waals surface area contributed by atoms with Crippen LogP contribution in [0.5, 0.6) is 0 Å². The summed E-state index contributed by atoms with van der Waals surface area (Å²) in [5, 5.41) is 9.66. The average Bonchev–Trinajstić information content (AvgIpc) is 2.07. The maximum absolute atomic E-state index is 9.66. The van der Waals surface area contributed by atoms with Gasteiger partial charge in [0.25, 0.3) is 0 Å².